The van der Waals surface area contributed by atoms with Crippen molar-refractivity contribution < 1.29 is 31.7 Å². The fourth-order valence-corrected chi connectivity index (χ4v) is 1.60. The van der Waals surface area contributed by atoms with Crippen LogP contribution in [0.1, 0.15) is 26.2 Å². The van der Waals surface area contributed by atoms with Gasteiger partial charge in [0, 0.05) is 20.6 Å². The zero-order chi connectivity index (χ0) is 13.5. The summed E-state index contributed by atoms with van der Waals surface area (Å²) in [4.78, 5) is 11.1. The lowest BCUT2D eigenvalue weighted by atomic mass is 10.1. The van der Waals surface area contributed by atoms with Crippen molar-refractivity contribution in [3.05, 3.63) is 0 Å². The van der Waals surface area contributed by atoms with E-state index in [0.29, 0.717) is 6.42 Å². The normalized spacial score (nSPS) is 12.8. The Labute approximate surface area is 99.0 Å². The van der Waals surface area contributed by atoms with Crippen LogP contribution in [0.3, 0.4) is 0 Å². The minimum atomic E-state index is -3.88. The zero-order valence-electron chi connectivity index (χ0n) is 10.1. The Kier molecular flexibility index (Phi) is 7.01. The van der Waals surface area contributed by atoms with Gasteiger partial charge < -0.3 is 0 Å². The van der Waals surface area contributed by atoms with Crippen molar-refractivity contribution in [2.75, 3.05) is 20.8 Å². The number of phosphoric acid groups is 1. The smallest absolute Gasteiger partial charge is 0.290 e. The fourth-order valence-electron chi connectivity index (χ4n) is 0.961. The molecule has 0 heterocycles. The lowest BCUT2D eigenvalue weighted by Gasteiger charge is -2.17. The molecule has 17 heavy (non-hydrogen) atoms. The van der Waals surface area contributed by atoms with Gasteiger partial charge in [-0.25, -0.2) is 4.57 Å². The minimum absolute atomic E-state index is 0.227. The molecule has 0 amide bonds. The average Bonchev–Trinajstić information content (AvgIpc) is 2.33. The molecule has 0 unspecified atom stereocenters. The van der Waals surface area contributed by atoms with Crippen LogP contribution >= 0.6 is 7.82 Å². The predicted octanol–water partition coefficient (Wildman–Crippen LogP) is 2.80. The molecular formula is C9H17F2O5P. The van der Waals surface area contributed by atoms with E-state index in [1.807, 2.05) is 0 Å². The third kappa shape index (κ3) is 5.68. The molecular weight excluding hydrogens is 257 g/mol. The molecule has 0 aliphatic carbocycles. The molecule has 0 rings (SSSR count). The van der Waals surface area contributed by atoms with Gasteiger partial charge in [0.25, 0.3) is 0 Å². The topological polar surface area (TPSA) is 61.8 Å². The molecule has 0 atom stereocenters. The Hall–Kier alpha value is -0.360. The van der Waals surface area contributed by atoms with Crippen molar-refractivity contribution in [3.63, 3.8) is 0 Å². The summed E-state index contributed by atoms with van der Waals surface area (Å²) in [5.74, 6) is -4.90. The number of carbonyl (C=O) groups excluding carboxylic acids is 1. The van der Waals surface area contributed by atoms with Crippen LogP contribution < -0.4 is 0 Å². The summed E-state index contributed by atoms with van der Waals surface area (Å²) < 4.78 is 50.8. The van der Waals surface area contributed by atoms with E-state index in [1.54, 1.807) is 6.92 Å². The van der Waals surface area contributed by atoms with Crippen LogP contribution in [0.2, 0.25) is 0 Å². The fraction of sp³-hybridized carbons (Fsp3) is 0.889. The second-order valence-electron chi connectivity index (χ2n) is 3.32. The van der Waals surface area contributed by atoms with E-state index in [4.69, 9.17) is 0 Å². The van der Waals surface area contributed by atoms with E-state index in [0.717, 1.165) is 14.2 Å². The van der Waals surface area contributed by atoms with Gasteiger partial charge in [0.15, 0.2) is 0 Å². The van der Waals surface area contributed by atoms with Crippen molar-refractivity contribution in [1.29, 1.82) is 0 Å². The standard InChI is InChI=1S/C9H17F2O5P/c1-4-5-6-9(10,11)8(12)7-16-17(13,14-2)15-3/h4-7H2,1-3H3. The zero-order valence-corrected chi connectivity index (χ0v) is 11.0. The molecule has 102 valence electrons. The third-order valence-electron chi connectivity index (χ3n) is 2.05. The molecule has 0 saturated carbocycles. The average molecular weight is 274 g/mol. The van der Waals surface area contributed by atoms with E-state index in [9.17, 15) is 18.1 Å². The summed E-state index contributed by atoms with van der Waals surface area (Å²) in [6.07, 6.45) is 0.235. The number of halogens is 2. The highest BCUT2D eigenvalue weighted by Crippen LogP contribution is 2.47. The molecule has 0 aromatic carbocycles. The number of hydrogen-bond donors (Lipinski definition) is 0. The third-order valence-corrected chi connectivity index (χ3v) is 3.39. The summed E-state index contributed by atoms with van der Waals surface area (Å²) in [7, 11) is -1.82. The van der Waals surface area contributed by atoms with Gasteiger partial charge in [0.1, 0.15) is 6.61 Å². The van der Waals surface area contributed by atoms with Gasteiger partial charge in [-0.05, 0) is 6.42 Å². The highest BCUT2D eigenvalue weighted by atomic mass is 31.2. The van der Waals surface area contributed by atoms with Crippen LogP contribution in [0, 0.1) is 0 Å². The van der Waals surface area contributed by atoms with Crippen LogP contribution in [0.25, 0.3) is 0 Å². The summed E-state index contributed by atoms with van der Waals surface area (Å²) in [6.45, 7) is 0.733. The van der Waals surface area contributed by atoms with Gasteiger partial charge in [-0.2, -0.15) is 8.78 Å². The lowest BCUT2D eigenvalue weighted by molar-refractivity contribution is -0.146. The molecule has 0 radical (unpaired) electrons. The molecule has 0 bridgehead atoms. The predicted molar refractivity (Wildman–Crippen MR) is 57.1 cm³/mol. The number of hydrogen-bond acceptors (Lipinski definition) is 5. The first-order valence-corrected chi connectivity index (χ1v) is 6.54. The van der Waals surface area contributed by atoms with E-state index < -0.39 is 32.6 Å². The molecule has 0 aromatic heterocycles. The number of rotatable bonds is 9. The van der Waals surface area contributed by atoms with E-state index in [2.05, 4.69) is 13.6 Å². The first-order chi connectivity index (χ1) is 7.81. The number of unbranched alkanes of at least 4 members (excludes halogenated alkanes) is 1. The van der Waals surface area contributed by atoms with Crippen molar-refractivity contribution in [3.8, 4) is 0 Å². The molecule has 0 saturated heterocycles. The van der Waals surface area contributed by atoms with Crippen LogP contribution in [0.5, 0.6) is 0 Å². The van der Waals surface area contributed by atoms with Crippen molar-refractivity contribution >= 4 is 13.6 Å². The Bertz CT molecular complexity index is 287. The van der Waals surface area contributed by atoms with E-state index >= 15 is 0 Å². The maximum absolute atomic E-state index is 13.2. The number of ketones is 1. The molecule has 0 fully saturated rings. The highest BCUT2D eigenvalue weighted by Gasteiger charge is 2.39. The summed E-state index contributed by atoms with van der Waals surface area (Å²) in [5.41, 5.74) is 0. The monoisotopic (exact) mass is 274 g/mol. The molecule has 5 nitrogen and oxygen atoms in total. The molecule has 0 aliphatic rings. The second-order valence-corrected chi connectivity index (χ2v) is 5.20. The lowest BCUT2D eigenvalue weighted by Crippen LogP contribution is -2.32. The number of alkyl halides is 2. The van der Waals surface area contributed by atoms with Gasteiger partial charge in [-0.15, -0.1) is 0 Å². The molecule has 0 N–H and O–H groups in total. The van der Waals surface area contributed by atoms with Crippen LogP contribution in [-0.4, -0.2) is 32.5 Å². The number of carbonyl (C=O) groups is 1. The van der Waals surface area contributed by atoms with Gasteiger partial charge in [-0.1, -0.05) is 13.3 Å². The summed E-state index contributed by atoms with van der Waals surface area (Å²) in [5, 5.41) is 0. The molecule has 0 aliphatic heterocycles. The Morgan fingerprint density at radius 3 is 2.24 bits per heavy atom. The minimum Gasteiger partial charge on any atom is -0.290 e. The number of Topliss-reactive ketones (excluding diaryl/α,β-unsaturated/α-hetero) is 1. The Morgan fingerprint density at radius 2 is 1.82 bits per heavy atom. The number of phosphoric ester groups is 1. The van der Waals surface area contributed by atoms with Crippen LogP contribution in [-0.2, 0) is 22.9 Å². The van der Waals surface area contributed by atoms with E-state index in [-0.39, 0.29) is 6.42 Å². The van der Waals surface area contributed by atoms with Crippen molar-refractivity contribution in [1.82, 2.24) is 0 Å². The second kappa shape index (κ2) is 7.16. The first-order valence-electron chi connectivity index (χ1n) is 5.08. The van der Waals surface area contributed by atoms with Gasteiger partial charge in [-0.3, -0.25) is 18.4 Å². The molecule has 8 heteroatoms. The Balaban J connectivity index is 4.30. The summed E-state index contributed by atoms with van der Waals surface area (Å²) >= 11 is 0. The molecule has 0 spiro atoms. The summed E-state index contributed by atoms with van der Waals surface area (Å²) in [6, 6.07) is 0. The first kappa shape index (κ1) is 16.6. The maximum Gasteiger partial charge on any atom is 0.474 e. The van der Waals surface area contributed by atoms with Crippen LogP contribution in [0.4, 0.5) is 8.78 Å². The quantitative estimate of drug-likeness (QED) is 0.605. The van der Waals surface area contributed by atoms with E-state index in [1.165, 1.54) is 0 Å². The van der Waals surface area contributed by atoms with Crippen LogP contribution in [0.15, 0.2) is 0 Å². The van der Waals surface area contributed by atoms with Crippen molar-refractivity contribution in [2.45, 2.75) is 32.1 Å². The van der Waals surface area contributed by atoms with Gasteiger partial charge in [0.05, 0.1) is 0 Å². The van der Waals surface area contributed by atoms with Crippen molar-refractivity contribution in [2.24, 2.45) is 0 Å². The van der Waals surface area contributed by atoms with Gasteiger partial charge in [0.2, 0.25) is 5.78 Å². The SMILES string of the molecule is CCCCC(F)(F)C(=O)COP(=O)(OC)OC. The Morgan fingerprint density at radius 1 is 1.29 bits per heavy atom. The van der Waals surface area contributed by atoms with Gasteiger partial charge >= 0.3 is 13.7 Å². The largest absolute Gasteiger partial charge is 0.474 e. The molecule has 0 aromatic rings. The maximum atomic E-state index is 13.2. The highest BCUT2D eigenvalue weighted by molar-refractivity contribution is 7.48.